The van der Waals surface area contributed by atoms with E-state index in [0.717, 1.165) is 43.7 Å². The lowest BCUT2D eigenvalue weighted by Gasteiger charge is -2.43. The highest BCUT2D eigenvalue weighted by atomic mass is 15.1. The summed E-state index contributed by atoms with van der Waals surface area (Å²) in [6.45, 7) is 25.3. The molecule has 2 nitrogen and oxygen atoms in total. The molecule has 0 aromatic heterocycles. The number of fused-ring (bicyclic) bond motifs is 1. The molecule has 1 N–H and O–H groups in total. The van der Waals surface area contributed by atoms with E-state index in [1.165, 1.54) is 82.0 Å². The SMILES string of the molecule is C=CC1CCC(C)(C[C@H](C)Cc2ccc3c(c2NC(C)(C)C2CCC(CC)CC2)CN(C(=C)CC)CC3)CC1. The summed E-state index contributed by atoms with van der Waals surface area (Å²) in [5.74, 6) is 3.10. The van der Waals surface area contributed by atoms with Crippen molar-refractivity contribution in [1.82, 2.24) is 4.90 Å². The maximum atomic E-state index is 4.42. The van der Waals surface area contributed by atoms with E-state index < -0.39 is 0 Å². The predicted molar refractivity (Wildman–Crippen MR) is 171 cm³/mol. The lowest BCUT2D eigenvalue weighted by atomic mass is 9.67. The van der Waals surface area contributed by atoms with Gasteiger partial charge in [0.15, 0.2) is 0 Å². The molecule has 0 saturated heterocycles. The van der Waals surface area contributed by atoms with Crippen molar-refractivity contribution in [3.8, 4) is 0 Å². The molecule has 0 amide bonds. The van der Waals surface area contributed by atoms with Gasteiger partial charge in [-0.15, -0.1) is 6.58 Å². The maximum absolute atomic E-state index is 4.42. The monoisotopic (exact) mass is 532 g/mol. The van der Waals surface area contributed by atoms with Crippen LogP contribution in [0.1, 0.15) is 129 Å². The fraction of sp³-hybridized carbons (Fsp3) is 0.730. The van der Waals surface area contributed by atoms with Crippen LogP contribution in [0.3, 0.4) is 0 Å². The second-order valence-corrected chi connectivity index (χ2v) is 14.7. The second kappa shape index (κ2) is 12.9. The van der Waals surface area contributed by atoms with Crippen molar-refractivity contribution in [2.24, 2.45) is 29.1 Å². The highest BCUT2D eigenvalue weighted by Crippen LogP contribution is 2.45. The topological polar surface area (TPSA) is 15.3 Å². The number of benzene rings is 1. The van der Waals surface area contributed by atoms with Crippen LogP contribution < -0.4 is 5.32 Å². The zero-order valence-electron chi connectivity index (χ0n) is 26.5. The van der Waals surface area contributed by atoms with Gasteiger partial charge in [0.1, 0.15) is 0 Å². The molecule has 2 saturated carbocycles. The quantitative estimate of drug-likeness (QED) is 0.285. The Kier molecular flexibility index (Phi) is 9.98. The first-order valence-electron chi connectivity index (χ1n) is 16.5. The molecule has 2 heteroatoms. The smallest absolute Gasteiger partial charge is 0.0449 e. The van der Waals surface area contributed by atoms with E-state index in [1.807, 2.05) is 0 Å². The van der Waals surface area contributed by atoms with Gasteiger partial charge >= 0.3 is 0 Å². The number of nitrogens with one attached hydrogen (secondary N) is 1. The Morgan fingerprint density at radius 2 is 1.82 bits per heavy atom. The summed E-state index contributed by atoms with van der Waals surface area (Å²) < 4.78 is 0. The van der Waals surface area contributed by atoms with Crippen molar-refractivity contribution in [3.63, 3.8) is 0 Å². The number of rotatable bonds is 11. The van der Waals surface area contributed by atoms with Crippen LogP contribution in [0.4, 0.5) is 5.69 Å². The van der Waals surface area contributed by atoms with Crippen molar-refractivity contribution in [1.29, 1.82) is 0 Å². The van der Waals surface area contributed by atoms with Gasteiger partial charge in [0.25, 0.3) is 0 Å². The molecule has 3 aliphatic rings. The molecule has 0 spiro atoms. The van der Waals surface area contributed by atoms with Gasteiger partial charge in [-0.25, -0.2) is 0 Å². The first-order valence-corrected chi connectivity index (χ1v) is 16.5. The molecule has 1 aliphatic heterocycles. The fourth-order valence-corrected chi connectivity index (χ4v) is 8.28. The van der Waals surface area contributed by atoms with Gasteiger partial charge in [-0.1, -0.05) is 71.7 Å². The highest BCUT2D eigenvalue weighted by Gasteiger charge is 2.35. The number of hydrogen-bond donors (Lipinski definition) is 1. The number of hydrogen-bond acceptors (Lipinski definition) is 2. The molecule has 0 bridgehead atoms. The Bertz CT molecular complexity index is 971. The molecule has 1 heterocycles. The van der Waals surface area contributed by atoms with Gasteiger partial charge in [-0.3, -0.25) is 0 Å². The van der Waals surface area contributed by atoms with Crippen LogP contribution in [0.15, 0.2) is 37.1 Å². The van der Waals surface area contributed by atoms with E-state index in [-0.39, 0.29) is 5.54 Å². The zero-order valence-corrected chi connectivity index (χ0v) is 26.5. The average molecular weight is 533 g/mol. The molecular formula is C37H60N2. The largest absolute Gasteiger partial charge is 0.379 e. The van der Waals surface area contributed by atoms with Crippen molar-refractivity contribution in [2.75, 3.05) is 11.9 Å². The Balaban J connectivity index is 1.57. The number of allylic oxidation sites excluding steroid dienone is 2. The van der Waals surface area contributed by atoms with Crippen LogP contribution in [-0.2, 0) is 19.4 Å². The van der Waals surface area contributed by atoms with Crippen LogP contribution in [0, 0.1) is 29.1 Å². The Labute approximate surface area is 242 Å². The van der Waals surface area contributed by atoms with Gasteiger partial charge in [0.05, 0.1) is 0 Å². The van der Waals surface area contributed by atoms with Gasteiger partial charge in [-0.2, -0.15) is 0 Å². The second-order valence-electron chi connectivity index (χ2n) is 14.7. The standard InChI is InChI=1S/C37H60N2/c1-9-28(5)39-23-20-31-14-15-32(24-27(4)25-37(8)21-18-30(11-3)19-22-37)35(34(31)26-39)38-36(6,7)33-16-12-29(10-2)13-17-33/h11,14-15,27,29-30,33,38H,3,5,9-10,12-13,16-26H2,1-2,4,6-8H3/t27-,29?,30?,33?,37?/m1/s1. The third-order valence-corrected chi connectivity index (χ3v) is 11.2. The first-order chi connectivity index (χ1) is 18.6. The summed E-state index contributed by atoms with van der Waals surface area (Å²) in [7, 11) is 0. The van der Waals surface area contributed by atoms with Crippen LogP contribution >= 0.6 is 0 Å². The third kappa shape index (κ3) is 7.34. The van der Waals surface area contributed by atoms with Gasteiger partial charge in [-0.05, 0) is 124 Å². The van der Waals surface area contributed by atoms with E-state index >= 15 is 0 Å². The van der Waals surface area contributed by atoms with Crippen LogP contribution in [-0.4, -0.2) is 17.0 Å². The molecule has 0 radical (unpaired) electrons. The predicted octanol–water partition coefficient (Wildman–Crippen LogP) is 10.3. The number of nitrogens with zero attached hydrogens (tertiary/aromatic N) is 1. The van der Waals surface area contributed by atoms with Crippen molar-refractivity contribution < 1.29 is 0 Å². The van der Waals surface area contributed by atoms with E-state index in [1.54, 1.807) is 16.7 Å². The molecule has 1 aromatic rings. The van der Waals surface area contributed by atoms with Crippen molar-refractivity contribution in [3.05, 3.63) is 53.8 Å². The molecule has 4 rings (SSSR count). The molecule has 39 heavy (non-hydrogen) atoms. The summed E-state index contributed by atoms with van der Waals surface area (Å²) in [6.07, 6.45) is 19.1. The van der Waals surface area contributed by atoms with Gasteiger partial charge < -0.3 is 10.2 Å². The Morgan fingerprint density at radius 1 is 1.13 bits per heavy atom. The summed E-state index contributed by atoms with van der Waals surface area (Å²) in [5.41, 5.74) is 7.98. The average Bonchev–Trinajstić information content (AvgIpc) is 2.93. The zero-order chi connectivity index (χ0) is 28.2. The molecule has 0 unspecified atom stereocenters. The summed E-state index contributed by atoms with van der Waals surface area (Å²) in [4.78, 5) is 2.54. The molecule has 1 aromatic carbocycles. The molecule has 2 aliphatic carbocycles. The lowest BCUT2D eigenvalue weighted by molar-refractivity contribution is 0.150. The van der Waals surface area contributed by atoms with Crippen molar-refractivity contribution >= 4 is 5.69 Å². The Morgan fingerprint density at radius 3 is 2.44 bits per heavy atom. The first kappa shape index (κ1) is 30.3. The van der Waals surface area contributed by atoms with Gasteiger partial charge in [0.2, 0.25) is 0 Å². The van der Waals surface area contributed by atoms with Gasteiger partial charge in [0, 0.05) is 30.0 Å². The van der Waals surface area contributed by atoms with E-state index in [4.69, 9.17) is 0 Å². The summed E-state index contributed by atoms with van der Waals surface area (Å²) in [5, 5.41) is 4.26. The third-order valence-electron chi connectivity index (χ3n) is 11.2. The minimum absolute atomic E-state index is 0.102. The minimum Gasteiger partial charge on any atom is -0.379 e. The molecule has 1 atom stereocenters. The maximum Gasteiger partial charge on any atom is 0.0449 e. The van der Waals surface area contributed by atoms with Crippen LogP contribution in [0.25, 0.3) is 0 Å². The van der Waals surface area contributed by atoms with Crippen LogP contribution in [0.5, 0.6) is 0 Å². The molecule has 2 fully saturated rings. The molecule has 218 valence electrons. The van der Waals surface area contributed by atoms with Crippen LogP contribution in [0.2, 0.25) is 0 Å². The Hall–Kier alpha value is -1.70. The van der Waals surface area contributed by atoms with E-state index in [2.05, 4.69) is 83.1 Å². The van der Waals surface area contributed by atoms with E-state index in [0.29, 0.717) is 11.3 Å². The summed E-state index contributed by atoms with van der Waals surface area (Å²) >= 11 is 0. The lowest BCUT2D eigenvalue weighted by Crippen LogP contribution is -2.42. The minimum atomic E-state index is 0.102. The number of anilines is 1. The highest BCUT2D eigenvalue weighted by molar-refractivity contribution is 5.63. The van der Waals surface area contributed by atoms with E-state index in [9.17, 15) is 0 Å². The normalized spacial score (nSPS) is 28.5. The summed E-state index contributed by atoms with van der Waals surface area (Å²) in [6, 6.07) is 4.95. The fourth-order valence-electron chi connectivity index (χ4n) is 8.28. The molecular weight excluding hydrogens is 472 g/mol. The van der Waals surface area contributed by atoms with Crippen molar-refractivity contribution in [2.45, 2.75) is 137 Å².